The van der Waals surface area contributed by atoms with Gasteiger partial charge in [0.25, 0.3) is 0 Å². The zero-order chi connectivity index (χ0) is 11.7. The molecule has 0 aliphatic rings. The highest BCUT2D eigenvalue weighted by Crippen LogP contribution is 2.34. The van der Waals surface area contributed by atoms with Crippen LogP contribution in [0.1, 0.15) is 5.56 Å². The molecule has 1 aromatic carbocycles. The Kier molecular flexibility index (Phi) is 2.59. The molecule has 0 spiro atoms. The van der Waals surface area contributed by atoms with Gasteiger partial charge in [-0.15, -0.1) is 11.3 Å². The number of fused-ring (bicyclic) bond motifs is 1. The second-order valence-electron chi connectivity index (χ2n) is 3.78. The molecule has 2 aromatic heterocycles. The number of hydrogen-bond acceptors (Lipinski definition) is 4. The molecule has 0 amide bonds. The average Bonchev–Trinajstić information content (AvgIpc) is 2.82. The Hall–Kier alpha value is -1.78. The fourth-order valence-corrected chi connectivity index (χ4v) is 2.95. The van der Waals surface area contributed by atoms with Crippen molar-refractivity contribution in [2.24, 2.45) is 5.73 Å². The number of hydrogen-bond donors (Lipinski definition) is 1. The van der Waals surface area contributed by atoms with Crippen LogP contribution in [0, 0.1) is 0 Å². The molecule has 3 nitrogen and oxygen atoms in total. The first-order chi connectivity index (χ1) is 8.38. The zero-order valence-electron chi connectivity index (χ0n) is 9.13. The molecule has 0 aliphatic carbocycles. The molecule has 0 aliphatic heterocycles. The van der Waals surface area contributed by atoms with E-state index in [1.54, 1.807) is 23.7 Å². The standard InChI is InChI=1S/C13H11N3S/c14-6-10-7-15-16-8-11(10)13-5-9-3-1-2-4-12(9)17-13/h1-5,7-8H,6,14H2. The third kappa shape index (κ3) is 1.81. The predicted octanol–water partition coefficient (Wildman–Crippen LogP) is 2.82. The maximum Gasteiger partial charge on any atom is 0.0586 e. The molecule has 0 saturated heterocycles. The molecule has 0 unspecified atom stereocenters. The van der Waals surface area contributed by atoms with Gasteiger partial charge in [-0.2, -0.15) is 10.2 Å². The second-order valence-corrected chi connectivity index (χ2v) is 4.86. The average molecular weight is 241 g/mol. The number of nitrogens with zero attached hydrogens (tertiary/aromatic N) is 2. The quantitative estimate of drug-likeness (QED) is 0.750. The largest absolute Gasteiger partial charge is 0.326 e. The number of aromatic nitrogens is 2. The summed E-state index contributed by atoms with van der Waals surface area (Å²) in [6.45, 7) is 0.485. The van der Waals surface area contributed by atoms with Crippen molar-refractivity contribution in [1.29, 1.82) is 0 Å². The molecule has 17 heavy (non-hydrogen) atoms. The van der Waals surface area contributed by atoms with Crippen molar-refractivity contribution < 1.29 is 0 Å². The van der Waals surface area contributed by atoms with Gasteiger partial charge in [-0.05, 0) is 23.1 Å². The van der Waals surface area contributed by atoms with Crippen LogP contribution in [-0.4, -0.2) is 10.2 Å². The van der Waals surface area contributed by atoms with Crippen molar-refractivity contribution in [2.75, 3.05) is 0 Å². The molecule has 2 heterocycles. The lowest BCUT2D eigenvalue weighted by Crippen LogP contribution is -2.00. The molecule has 0 bridgehead atoms. The van der Waals surface area contributed by atoms with Crippen LogP contribution >= 0.6 is 11.3 Å². The Morgan fingerprint density at radius 3 is 2.76 bits per heavy atom. The van der Waals surface area contributed by atoms with Gasteiger partial charge in [0.05, 0.1) is 12.4 Å². The minimum atomic E-state index is 0.485. The van der Waals surface area contributed by atoms with Crippen LogP contribution in [-0.2, 0) is 6.54 Å². The van der Waals surface area contributed by atoms with Crippen LogP contribution in [0.15, 0.2) is 42.7 Å². The normalized spacial score (nSPS) is 10.9. The van der Waals surface area contributed by atoms with Gasteiger partial charge in [-0.1, -0.05) is 18.2 Å². The first-order valence-electron chi connectivity index (χ1n) is 5.37. The lowest BCUT2D eigenvalue weighted by atomic mass is 10.1. The molecule has 0 atom stereocenters. The summed E-state index contributed by atoms with van der Waals surface area (Å²) in [5, 5.41) is 9.07. The van der Waals surface area contributed by atoms with Crippen LogP contribution in [0.3, 0.4) is 0 Å². The lowest BCUT2D eigenvalue weighted by Gasteiger charge is -2.02. The van der Waals surface area contributed by atoms with E-state index in [1.165, 1.54) is 15.0 Å². The van der Waals surface area contributed by atoms with Crippen molar-refractivity contribution in [2.45, 2.75) is 6.54 Å². The Morgan fingerprint density at radius 1 is 1.12 bits per heavy atom. The maximum absolute atomic E-state index is 5.72. The summed E-state index contributed by atoms with van der Waals surface area (Å²) in [6, 6.07) is 10.5. The van der Waals surface area contributed by atoms with Gasteiger partial charge in [0.2, 0.25) is 0 Å². The zero-order valence-corrected chi connectivity index (χ0v) is 9.95. The van der Waals surface area contributed by atoms with Crippen LogP contribution in [0.2, 0.25) is 0 Å². The lowest BCUT2D eigenvalue weighted by molar-refractivity contribution is 0.971. The number of thiophene rings is 1. The van der Waals surface area contributed by atoms with Crippen molar-refractivity contribution in [3.05, 3.63) is 48.3 Å². The summed E-state index contributed by atoms with van der Waals surface area (Å²) in [5.41, 5.74) is 7.84. The Balaban J connectivity index is 2.20. The summed E-state index contributed by atoms with van der Waals surface area (Å²) in [5.74, 6) is 0. The van der Waals surface area contributed by atoms with E-state index in [-0.39, 0.29) is 0 Å². The molecule has 2 N–H and O–H groups in total. The summed E-state index contributed by atoms with van der Waals surface area (Å²) in [7, 11) is 0. The van der Waals surface area contributed by atoms with Gasteiger partial charge in [-0.25, -0.2) is 0 Å². The van der Waals surface area contributed by atoms with Crippen LogP contribution in [0.25, 0.3) is 20.5 Å². The molecule has 0 fully saturated rings. The fraction of sp³-hybridized carbons (Fsp3) is 0.0769. The van der Waals surface area contributed by atoms with Gasteiger partial charge in [0, 0.05) is 21.7 Å². The van der Waals surface area contributed by atoms with E-state index in [9.17, 15) is 0 Å². The number of rotatable bonds is 2. The highest BCUT2D eigenvalue weighted by Gasteiger charge is 2.08. The number of benzene rings is 1. The summed E-state index contributed by atoms with van der Waals surface area (Å²) in [6.07, 6.45) is 3.52. The topological polar surface area (TPSA) is 51.8 Å². The smallest absolute Gasteiger partial charge is 0.0586 e. The molecule has 3 rings (SSSR count). The fourth-order valence-electron chi connectivity index (χ4n) is 1.85. The van der Waals surface area contributed by atoms with E-state index < -0.39 is 0 Å². The number of nitrogens with two attached hydrogens (primary N) is 1. The third-order valence-electron chi connectivity index (χ3n) is 2.72. The minimum Gasteiger partial charge on any atom is -0.326 e. The highest BCUT2D eigenvalue weighted by atomic mass is 32.1. The maximum atomic E-state index is 5.72. The SMILES string of the molecule is NCc1cnncc1-c1cc2ccccc2s1. The van der Waals surface area contributed by atoms with Gasteiger partial charge in [0.15, 0.2) is 0 Å². The Bertz CT molecular complexity index is 627. The summed E-state index contributed by atoms with van der Waals surface area (Å²) >= 11 is 1.76. The van der Waals surface area contributed by atoms with E-state index in [2.05, 4.69) is 34.5 Å². The molecule has 0 radical (unpaired) electrons. The first kappa shape index (κ1) is 10.4. The van der Waals surface area contributed by atoms with Crippen LogP contribution in [0.5, 0.6) is 0 Å². The van der Waals surface area contributed by atoms with Gasteiger partial charge in [-0.3, -0.25) is 0 Å². The third-order valence-corrected chi connectivity index (χ3v) is 3.87. The van der Waals surface area contributed by atoms with Crippen LogP contribution < -0.4 is 5.73 Å². The van der Waals surface area contributed by atoms with Crippen molar-refractivity contribution in [3.8, 4) is 10.4 Å². The molecular weight excluding hydrogens is 230 g/mol. The first-order valence-corrected chi connectivity index (χ1v) is 6.18. The van der Waals surface area contributed by atoms with Crippen molar-refractivity contribution >= 4 is 21.4 Å². The molecule has 84 valence electrons. The van der Waals surface area contributed by atoms with E-state index in [1.807, 2.05) is 6.07 Å². The summed E-state index contributed by atoms with van der Waals surface area (Å²) in [4.78, 5) is 1.20. The molecule has 4 heteroatoms. The van der Waals surface area contributed by atoms with E-state index in [0.717, 1.165) is 11.1 Å². The van der Waals surface area contributed by atoms with Gasteiger partial charge < -0.3 is 5.73 Å². The van der Waals surface area contributed by atoms with E-state index in [4.69, 9.17) is 5.73 Å². The Labute approximate surface area is 103 Å². The van der Waals surface area contributed by atoms with Crippen molar-refractivity contribution in [1.82, 2.24) is 10.2 Å². The highest BCUT2D eigenvalue weighted by molar-refractivity contribution is 7.22. The summed E-state index contributed by atoms with van der Waals surface area (Å²) < 4.78 is 1.28. The predicted molar refractivity (Wildman–Crippen MR) is 70.7 cm³/mol. The Morgan fingerprint density at radius 2 is 1.94 bits per heavy atom. The molecule has 3 aromatic rings. The van der Waals surface area contributed by atoms with E-state index >= 15 is 0 Å². The second kappa shape index (κ2) is 4.24. The van der Waals surface area contributed by atoms with Gasteiger partial charge >= 0.3 is 0 Å². The molecule has 0 saturated carbocycles. The van der Waals surface area contributed by atoms with E-state index in [0.29, 0.717) is 6.54 Å². The monoisotopic (exact) mass is 241 g/mol. The minimum absolute atomic E-state index is 0.485. The molecular formula is C13H11N3S. The van der Waals surface area contributed by atoms with Gasteiger partial charge in [0.1, 0.15) is 0 Å². The van der Waals surface area contributed by atoms with Crippen LogP contribution in [0.4, 0.5) is 0 Å². The van der Waals surface area contributed by atoms with Crippen molar-refractivity contribution in [3.63, 3.8) is 0 Å².